The van der Waals surface area contributed by atoms with Gasteiger partial charge < -0.3 is 10.1 Å². The molecule has 2 amide bonds. The number of carbonyl (C=O) groups excluding carboxylic acids is 2. The number of carbonyl (C=O) groups is 2. The van der Waals surface area contributed by atoms with E-state index in [4.69, 9.17) is 4.74 Å². The van der Waals surface area contributed by atoms with Crippen LogP contribution in [0, 0.1) is 5.41 Å². The lowest BCUT2D eigenvalue weighted by Crippen LogP contribution is -2.30. The number of ether oxygens (including phenoxy) is 1. The molecule has 0 saturated carbocycles. The molecule has 5 nitrogen and oxygen atoms in total. The Bertz CT molecular complexity index is 978. The lowest BCUT2D eigenvalue weighted by atomic mass is 9.87. The molecule has 0 unspecified atom stereocenters. The normalized spacial score (nSPS) is 10.9. The number of hydrogen-bond donors (Lipinski definition) is 1. The van der Waals surface area contributed by atoms with Gasteiger partial charge >= 0.3 is 6.09 Å². The van der Waals surface area contributed by atoms with Crippen molar-refractivity contribution in [3.63, 3.8) is 0 Å². The number of anilines is 3. The molecular formula is C26H28N2O3. The molecule has 0 aliphatic carbocycles. The Morgan fingerprint density at radius 3 is 2.00 bits per heavy atom. The van der Waals surface area contributed by atoms with Crippen LogP contribution in [0.2, 0.25) is 0 Å². The molecule has 0 saturated heterocycles. The van der Waals surface area contributed by atoms with Gasteiger partial charge in [0.2, 0.25) is 5.91 Å². The van der Waals surface area contributed by atoms with Gasteiger partial charge in [-0.25, -0.2) is 9.69 Å². The van der Waals surface area contributed by atoms with Crippen LogP contribution >= 0.6 is 0 Å². The standard InChI is InChI=1S/C26H28N2O3/c1-4-18-26(2,3)24(29)27-20-12-11-17-23(19-20)31-25(30)28(21-13-7-5-8-14-21)22-15-9-6-10-16-22/h5-17,19H,4,18H2,1-3H3,(H,27,29). The van der Waals surface area contributed by atoms with Gasteiger partial charge in [0.25, 0.3) is 0 Å². The highest BCUT2D eigenvalue weighted by Crippen LogP contribution is 2.28. The van der Waals surface area contributed by atoms with E-state index in [0.717, 1.165) is 12.8 Å². The van der Waals surface area contributed by atoms with Crippen molar-refractivity contribution in [1.29, 1.82) is 0 Å². The minimum atomic E-state index is -0.535. The third kappa shape index (κ3) is 5.72. The molecule has 1 N–H and O–H groups in total. The Balaban J connectivity index is 1.80. The summed E-state index contributed by atoms with van der Waals surface area (Å²) in [4.78, 5) is 27.2. The third-order valence-corrected chi connectivity index (χ3v) is 5.00. The second kappa shape index (κ2) is 9.94. The van der Waals surface area contributed by atoms with E-state index in [-0.39, 0.29) is 5.91 Å². The van der Waals surface area contributed by atoms with E-state index in [9.17, 15) is 9.59 Å². The number of para-hydroxylation sites is 2. The molecule has 3 aromatic carbocycles. The van der Waals surface area contributed by atoms with Crippen LogP contribution in [-0.4, -0.2) is 12.0 Å². The van der Waals surface area contributed by atoms with Gasteiger partial charge in [0.15, 0.2) is 0 Å². The first kappa shape index (κ1) is 22.1. The molecule has 31 heavy (non-hydrogen) atoms. The van der Waals surface area contributed by atoms with Crippen molar-refractivity contribution in [3.8, 4) is 5.75 Å². The molecule has 3 rings (SSSR count). The van der Waals surface area contributed by atoms with Crippen molar-refractivity contribution in [2.45, 2.75) is 33.6 Å². The zero-order valence-electron chi connectivity index (χ0n) is 18.2. The summed E-state index contributed by atoms with van der Waals surface area (Å²) in [5, 5.41) is 2.93. The highest BCUT2D eigenvalue weighted by atomic mass is 16.6. The average Bonchev–Trinajstić information content (AvgIpc) is 2.75. The summed E-state index contributed by atoms with van der Waals surface area (Å²) in [5.74, 6) is 0.293. The predicted molar refractivity (Wildman–Crippen MR) is 125 cm³/mol. The van der Waals surface area contributed by atoms with E-state index in [1.165, 1.54) is 4.90 Å². The summed E-state index contributed by atoms with van der Waals surface area (Å²) >= 11 is 0. The molecule has 3 aromatic rings. The second-order valence-corrected chi connectivity index (χ2v) is 7.99. The lowest BCUT2D eigenvalue weighted by Gasteiger charge is -2.23. The minimum Gasteiger partial charge on any atom is -0.410 e. The highest BCUT2D eigenvalue weighted by Gasteiger charge is 2.26. The van der Waals surface area contributed by atoms with E-state index >= 15 is 0 Å². The monoisotopic (exact) mass is 416 g/mol. The van der Waals surface area contributed by atoms with Gasteiger partial charge in [-0.15, -0.1) is 0 Å². The molecule has 0 aliphatic rings. The largest absolute Gasteiger partial charge is 0.424 e. The van der Waals surface area contributed by atoms with Crippen LogP contribution in [0.1, 0.15) is 33.6 Å². The summed E-state index contributed by atoms with van der Waals surface area (Å²) in [7, 11) is 0. The molecule has 0 spiro atoms. The maximum Gasteiger partial charge on any atom is 0.424 e. The number of nitrogens with zero attached hydrogens (tertiary/aromatic N) is 1. The van der Waals surface area contributed by atoms with E-state index in [1.807, 2.05) is 74.5 Å². The van der Waals surface area contributed by atoms with E-state index in [0.29, 0.717) is 22.8 Å². The van der Waals surface area contributed by atoms with E-state index in [1.54, 1.807) is 24.3 Å². The van der Waals surface area contributed by atoms with Crippen LogP contribution < -0.4 is 15.0 Å². The Labute approximate surface area is 183 Å². The number of rotatable bonds is 7. The molecule has 0 aliphatic heterocycles. The van der Waals surface area contributed by atoms with Crippen LogP contribution in [0.5, 0.6) is 5.75 Å². The summed E-state index contributed by atoms with van der Waals surface area (Å²) < 4.78 is 5.68. The highest BCUT2D eigenvalue weighted by molar-refractivity contribution is 5.97. The van der Waals surface area contributed by atoms with E-state index < -0.39 is 11.5 Å². The fourth-order valence-corrected chi connectivity index (χ4v) is 3.34. The fraction of sp³-hybridized carbons (Fsp3) is 0.231. The Kier molecular flexibility index (Phi) is 7.08. The van der Waals surface area contributed by atoms with Gasteiger partial charge in [-0.2, -0.15) is 0 Å². The van der Waals surface area contributed by atoms with Crippen molar-refractivity contribution < 1.29 is 14.3 Å². The summed E-state index contributed by atoms with van der Waals surface area (Å²) in [5.41, 5.74) is 1.51. The molecule has 0 radical (unpaired) electrons. The number of nitrogens with one attached hydrogen (secondary N) is 1. The Hall–Kier alpha value is -3.60. The van der Waals surface area contributed by atoms with E-state index in [2.05, 4.69) is 12.2 Å². The zero-order valence-corrected chi connectivity index (χ0v) is 18.2. The smallest absolute Gasteiger partial charge is 0.410 e. The van der Waals surface area contributed by atoms with Gasteiger partial charge in [0.1, 0.15) is 5.75 Å². The van der Waals surface area contributed by atoms with Crippen LogP contribution in [0.15, 0.2) is 84.9 Å². The van der Waals surface area contributed by atoms with Crippen molar-refractivity contribution in [3.05, 3.63) is 84.9 Å². The van der Waals surface area contributed by atoms with Crippen LogP contribution in [0.4, 0.5) is 21.9 Å². The van der Waals surface area contributed by atoms with Gasteiger partial charge in [0, 0.05) is 17.2 Å². The first-order valence-electron chi connectivity index (χ1n) is 10.4. The van der Waals surface area contributed by atoms with Gasteiger partial charge in [-0.05, 0) is 42.8 Å². The number of amides is 2. The average molecular weight is 417 g/mol. The quantitative estimate of drug-likeness (QED) is 0.461. The van der Waals surface area contributed by atoms with Crippen LogP contribution in [0.25, 0.3) is 0 Å². The van der Waals surface area contributed by atoms with Crippen molar-refractivity contribution in [2.24, 2.45) is 5.41 Å². The molecule has 160 valence electrons. The Morgan fingerprint density at radius 1 is 0.871 bits per heavy atom. The number of hydrogen-bond acceptors (Lipinski definition) is 3. The predicted octanol–water partition coefficient (Wildman–Crippen LogP) is 6.79. The summed E-state index contributed by atoms with van der Waals surface area (Å²) in [6, 6.07) is 25.5. The van der Waals surface area contributed by atoms with Gasteiger partial charge in [-0.3, -0.25) is 4.79 Å². The molecule has 0 bridgehead atoms. The SMILES string of the molecule is CCCC(C)(C)C(=O)Nc1cccc(OC(=O)N(c2ccccc2)c2ccccc2)c1. The van der Waals surface area contributed by atoms with Gasteiger partial charge in [-0.1, -0.05) is 69.7 Å². The summed E-state index contributed by atoms with van der Waals surface area (Å²) in [6.45, 7) is 5.90. The van der Waals surface area contributed by atoms with Crippen molar-refractivity contribution >= 4 is 29.1 Å². The maximum absolute atomic E-state index is 13.1. The minimum absolute atomic E-state index is 0.0620. The summed E-state index contributed by atoms with van der Waals surface area (Å²) in [6.07, 6.45) is 1.18. The first-order valence-corrected chi connectivity index (χ1v) is 10.4. The van der Waals surface area contributed by atoms with Crippen LogP contribution in [-0.2, 0) is 4.79 Å². The molecule has 5 heteroatoms. The van der Waals surface area contributed by atoms with Crippen molar-refractivity contribution in [2.75, 3.05) is 10.2 Å². The molecule has 0 fully saturated rings. The zero-order chi connectivity index (χ0) is 22.3. The molecule has 0 atom stereocenters. The fourth-order valence-electron chi connectivity index (χ4n) is 3.34. The van der Waals surface area contributed by atoms with Crippen LogP contribution in [0.3, 0.4) is 0 Å². The van der Waals surface area contributed by atoms with Gasteiger partial charge in [0.05, 0.1) is 11.4 Å². The molecular weight excluding hydrogens is 388 g/mol. The topological polar surface area (TPSA) is 58.6 Å². The molecule has 0 aromatic heterocycles. The Morgan fingerprint density at radius 2 is 1.45 bits per heavy atom. The molecule has 0 heterocycles. The maximum atomic E-state index is 13.1. The van der Waals surface area contributed by atoms with Crippen molar-refractivity contribution in [1.82, 2.24) is 0 Å². The third-order valence-electron chi connectivity index (χ3n) is 5.00. The second-order valence-electron chi connectivity index (χ2n) is 7.99. The first-order chi connectivity index (χ1) is 14.9. The number of benzene rings is 3. The lowest BCUT2D eigenvalue weighted by molar-refractivity contribution is -0.124.